The number of rotatable bonds is 5. The van der Waals surface area contributed by atoms with Gasteiger partial charge in [-0.2, -0.15) is 0 Å². The van der Waals surface area contributed by atoms with Gasteiger partial charge in [-0.05, 0) is 43.3 Å². The number of aromatic nitrogens is 1. The van der Waals surface area contributed by atoms with Crippen molar-refractivity contribution in [2.45, 2.75) is 6.92 Å². The number of carbonyl (C=O) groups excluding carboxylic acids is 3. The molecule has 7 heteroatoms. The van der Waals surface area contributed by atoms with Gasteiger partial charge in [-0.15, -0.1) is 0 Å². The number of ketones is 1. The van der Waals surface area contributed by atoms with Crippen molar-refractivity contribution in [1.29, 1.82) is 0 Å². The first-order chi connectivity index (χ1) is 12.6. The molecule has 1 fully saturated rings. The topological polar surface area (TPSA) is 82.6 Å². The fourth-order valence-corrected chi connectivity index (χ4v) is 2.77. The van der Waals surface area contributed by atoms with Gasteiger partial charge in [0.05, 0.1) is 0 Å². The van der Waals surface area contributed by atoms with Crippen LogP contribution in [0, 0.1) is 0 Å². The summed E-state index contributed by atoms with van der Waals surface area (Å²) in [6.45, 7) is 3.61. The van der Waals surface area contributed by atoms with E-state index in [4.69, 9.17) is 0 Å². The summed E-state index contributed by atoms with van der Waals surface area (Å²) < 4.78 is 0. The molecule has 3 rings (SSSR count). The fraction of sp³-hybridized carbons (Fsp3) is 0.263. The third-order valence-electron chi connectivity index (χ3n) is 4.31. The molecule has 1 aliphatic rings. The van der Waals surface area contributed by atoms with E-state index >= 15 is 0 Å². The first kappa shape index (κ1) is 17.6. The molecule has 1 aliphatic heterocycles. The largest absolute Gasteiger partial charge is 0.355 e. The fourth-order valence-electron chi connectivity index (χ4n) is 2.77. The maximum Gasteiger partial charge on any atom is 0.272 e. The monoisotopic (exact) mass is 352 g/mol. The molecule has 0 unspecified atom stereocenters. The SMILES string of the molecule is CC(=O)c1ccc(Nc2ccnc(C(=O)N3CCN(C=O)CC3)c2)cc1. The smallest absolute Gasteiger partial charge is 0.272 e. The van der Waals surface area contributed by atoms with Crippen molar-refractivity contribution in [1.82, 2.24) is 14.8 Å². The zero-order chi connectivity index (χ0) is 18.5. The summed E-state index contributed by atoms with van der Waals surface area (Å²) in [7, 11) is 0. The first-order valence-corrected chi connectivity index (χ1v) is 8.39. The highest BCUT2D eigenvalue weighted by Gasteiger charge is 2.22. The average molecular weight is 352 g/mol. The molecule has 0 spiro atoms. The molecule has 0 radical (unpaired) electrons. The van der Waals surface area contributed by atoms with Crippen molar-refractivity contribution in [3.63, 3.8) is 0 Å². The van der Waals surface area contributed by atoms with E-state index in [0.717, 1.165) is 17.8 Å². The highest BCUT2D eigenvalue weighted by atomic mass is 16.2. The molecule has 2 amide bonds. The van der Waals surface area contributed by atoms with E-state index in [1.165, 1.54) is 6.92 Å². The van der Waals surface area contributed by atoms with Crippen LogP contribution in [0.2, 0.25) is 0 Å². The summed E-state index contributed by atoms with van der Waals surface area (Å²) in [6, 6.07) is 10.6. The number of benzene rings is 1. The Morgan fingerprint density at radius 2 is 1.73 bits per heavy atom. The van der Waals surface area contributed by atoms with Gasteiger partial charge in [-0.1, -0.05) is 0 Å². The van der Waals surface area contributed by atoms with E-state index in [1.807, 2.05) is 12.1 Å². The minimum Gasteiger partial charge on any atom is -0.355 e. The second kappa shape index (κ2) is 7.77. The molecule has 7 nitrogen and oxygen atoms in total. The number of piperazine rings is 1. The lowest BCUT2D eigenvalue weighted by Crippen LogP contribution is -2.48. The minimum absolute atomic E-state index is 0.0167. The molecule has 2 aromatic rings. The summed E-state index contributed by atoms with van der Waals surface area (Å²) in [5, 5.41) is 3.21. The lowest BCUT2D eigenvalue weighted by atomic mass is 10.1. The maximum atomic E-state index is 12.6. The average Bonchev–Trinajstić information content (AvgIpc) is 2.68. The van der Waals surface area contributed by atoms with Gasteiger partial charge in [0.25, 0.3) is 5.91 Å². The van der Waals surface area contributed by atoms with E-state index in [1.54, 1.807) is 40.3 Å². The number of amides is 2. The molecular weight excluding hydrogens is 332 g/mol. The number of Topliss-reactive ketones (excluding diaryl/α,β-unsaturated/α-hetero) is 1. The molecule has 0 aliphatic carbocycles. The van der Waals surface area contributed by atoms with Crippen molar-refractivity contribution in [3.05, 3.63) is 53.9 Å². The Kier molecular flexibility index (Phi) is 5.26. The van der Waals surface area contributed by atoms with Gasteiger partial charge < -0.3 is 15.1 Å². The third kappa shape index (κ3) is 4.05. The number of nitrogens with one attached hydrogen (secondary N) is 1. The Labute approximate surface area is 151 Å². The first-order valence-electron chi connectivity index (χ1n) is 8.39. The van der Waals surface area contributed by atoms with Crippen LogP contribution in [0.25, 0.3) is 0 Å². The quantitative estimate of drug-likeness (QED) is 0.657. The molecule has 134 valence electrons. The van der Waals surface area contributed by atoms with Gasteiger partial charge in [0.1, 0.15) is 5.69 Å². The van der Waals surface area contributed by atoms with Crippen LogP contribution in [0.4, 0.5) is 11.4 Å². The molecule has 26 heavy (non-hydrogen) atoms. The Morgan fingerprint density at radius 3 is 2.35 bits per heavy atom. The second-order valence-electron chi connectivity index (χ2n) is 6.12. The summed E-state index contributed by atoms with van der Waals surface area (Å²) in [6.07, 6.45) is 2.39. The van der Waals surface area contributed by atoms with Gasteiger partial charge in [0, 0.05) is 49.3 Å². The van der Waals surface area contributed by atoms with Crippen LogP contribution in [-0.4, -0.2) is 59.1 Å². The van der Waals surface area contributed by atoms with Crippen molar-refractivity contribution in [2.75, 3.05) is 31.5 Å². The molecular formula is C19H20N4O3. The lowest BCUT2D eigenvalue weighted by molar-refractivity contribution is -0.119. The molecule has 0 bridgehead atoms. The van der Waals surface area contributed by atoms with Crippen LogP contribution in [0.5, 0.6) is 0 Å². The number of hydrogen-bond donors (Lipinski definition) is 1. The number of carbonyl (C=O) groups is 3. The van der Waals surface area contributed by atoms with E-state index < -0.39 is 0 Å². The predicted octanol–water partition coefficient (Wildman–Crippen LogP) is 1.94. The van der Waals surface area contributed by atoms with E-state index in [-0.39, 0.29) is 11.7 Å². The lowest BCUT2D eigenvalue weighted by Gasteiger charge is -2.32. The zero-order valence-corrected chi connectivity index (χ0v) is 14.5. The molecule has 2 heterocycles. The van der Waals surface area contributed by atoms with Crippen molar-refractivity contribution in [3.8, 4) is 0 Å². The van der Waals surface area contributed by atoms with Crippen LogP contribution in [0.15, 0.2) is 42.6 Å². The number of pyridine rings is 1. The van der Waals surface area contributed by atoms with Gasteiger partial charge in [0.15, 0.2) is 5.78 Å². The Balaban J connectivity index is 1.68. The summed E-state index contributed by atoms with van der Waals surface area (Å²) in [4.78, 5) is 42.2. The summed E-state index contributed by atoms with van der Waals surface area (Å²) >= 11 is 0. The van der Waals surface area contributed by atoms with Crippen molar-refractivity contribution < 1.29 is 14.4 Å². The number of nitrogens with zero attached hydrogens (tertiary/aromatic N) is 3. The van der Waals surface area contributed by atoms with Gasteiger partial charge in [-0.3, -0.25) is 19.4 Å². The molecule has 1 N–H and O–H groups in total. The minimum atomic E-state index is -0.147. The van der Waals surface area contributed by atoms with Crippen LogP contribution in [-0.2, 0) is 4.79 Å². The van der Waals surface area contributed by atoms with Crippen molar-refractivity contribution in [2.24, 2.45) is 0 Å². The normalized spacial score (nSPS) is 14.0. The Morgan fingerprint density at radius 1 is 1.04 bits per heavy atom. The summed E-state index contributed by atoms with van der Waals surface area (Å²) in [5.41, 5.74) is 2.56. The van der Waals surface area contributed by atoms with Gasteiger partial charge in [-0.25, -0.2) is 0 Å². The van der Waals surface area contributed by atoms with E-state index in [0.29, 0.717) is 37.4 Å². The third-order valence-corrected chi connectivity index (χ3v) is 4.31. The number of anilines is 2. The van der Waals surface area contributed by atoms with Gasteiger partial charge >= 0.3 is 0 Å². The van der Waals surface area contributed by atoms with Crippen LogP contribution >= 0.6 is 0 Å². The van der Waals surface area contributed by atoms with Crippen LogP contribution in [0.3, 0.4) is 0 Å². The van der Waals surface area contributed by atoms with Crippen molar-refractivity contribution >= 4 is 29.5 Å². The number of hydrogen-bond acceptors (Lipinski definition) is 5. The van der Waals surface area contributed by atoms with Gasteiger partial charge in [0.2, 0.25) is 6.41 Å². The standard InChI is InChI=1S/C19H20N4O3/c1-14(25)15-2-4-16(5-3-15)21-17-6-7-20-18(12-17)19(26)23-10-8-22(13-24)9-11-23/h2-7,12-13H,8-11H2,1H3,(H,20,21). The second-order valence-corrected chi connectivity index (χ2v) is 6.12. The zero-order valence-electron chi connectivity index (χ0n) is 14.5. The van der Waals surface area contributed by atoms with E-state index in [2.05, 4.69) is 10.3 Å². The molecule has 0 saturated carbocycles. The Hall–Kier alpha value is -3.22. The van der Waals surface area contributed by atoms with E-state index in [9.17, 15) is 14.4 Å². The van der Waals surface area contributed by atoms with Crippen LogP contribution in [0.1, 0.15) is 27.8 Å². The molecule has 0 atom stereocenters. The molecule has 1 aromatic carbocycles. The highest BCUT2D eigenvalue weighted by Crippen LogP contribution is 2.18. The summed E-state index contributed by atoms with van der Waals surface area (Å²) in [5.74, 6) is -0.130. The predicted molar refractivity (Wildman–Crippen MR) is 97.5 cm³/mol. The maximum absolute atomic E-state index is 12.6. The van der Waals surface area contributed by atoms with Crippen LogP contribution < -0.4 is 5.32 Å². The molecule has 1 aromatic heterocycles. The highest BCUT2D eigenvalue weighted by molar-refractivity contribution is 5.95. The Bertz CT molecular complexity index is 812. The molecule has 1 saturated heterocycles.